The van der Waals surface area contributed by atoms with Crippen LogP contribution < -0.4 is 0 Å². The molecule has 0 saturated carbocycles. The first-order valence-corrected chi connectivity index (χ1v) is 4.32. The Hall–Kier alpha value is 1.97. The zero-order chi connectivity index (χ0) is 7.49. The molecular formula is C3H10BaClO4P. The van der Waals surface area contributed by atoms with Crippen LogP contribution in [0.3, 0.4) is 0 Å². The quantitative estimate of drug-likeness (QED) is 0.454. The smallest absolute Gasteiger partial charge is 1.00 e. The summed E-state index contributed by atoms with van der Waals surface area (Å²) < 4.78 is 14.1. The molecule has 0 spiro atoms. The summed E-state index contributed by atoms with van der Waals surface area (Å²) in [6.45, 7) is 1.48. The Morgan fingerprint density at radius 2 is 2.20 bits per heavy atom. The maximum atomic E-state index is 10.0. The van der Waals surface area contributed by atoms with Crippen LogP contribution in [-0.4, -0.2) is 70.7 Å². The molecule has 0 fully saturated rings. The van der Waals surface area contributed by atoms with Gasteiger partial charge in [-0.05, 0) is 6.92 Å². The van der Waals surface area contributed by atoms with Gasteiger partial charge in [-0.25, -0.2) is 4.57 Å². The van der Waals surface area contributed by atoms with Crippen LogP contribution in [0.2, 0.25) is 0 Å². The van der Waals surface area contributed by atoms with Crippen LogP contribution in [0.1, 0.15) is 9.78 Å². The molecular weight excluding hydrogens is 304 g/mol. The zero-order valence-corrected chi connectivity index (χ0v) is 11.6. The van der Waals surface area contributed by atoms with E-state index in [1.54, 1.807) is 0 Å². The van der Waals surface area contributed by atoms with Gasteiger partial charge < -0.3 is 12.6 Å². The van der Waals surface area contributed by atoms with Crippen LogP contribution in [0, 0.1) is 0 Å². The van der Waals surface area contributed by atoms with E-state index in [-0.39, 0.29) is 57.6 Å². The van der Waals surface area contributed by atoms with Gasteiger partial charge in [-0.2, -0.15) is 0 Å². The second kappa shape index (κ2) is 6.48. The summed E-state index contributed by atoms with van der Waals surface area (Å²) >= 11 is 5.19. The van der Waals surface area contributed by atoms with E-state index in [1.165, 1.54) is 6.92 Å². The van der Waals surface area contributed by atoms with Gasteiger partial charge in [0.25, 0.3) is 0 Å². The van der Waals surface area contributed by atoms with Gasteiger partial charge in [0.15, 0.2) is 0 Å². The summed E-state index contributed by atoms with van der Waals surface area (Å²) in [5.41, 5.74) is 0. The summed E-state index contributed by atoms with van der Waals surface area (Å²) in [5.74, 6) is 0.0745. The van der Waals surface area contributed by atoms with E-state index < -0.39 is 13.9 Å². The molecule has 1 unspecified atom stereocenters. The molecule has 2 N–H and O–H groups in total. The molecule has 0 aliphatic carbocycles. The van der Waals surface area contributed by atoms with E-state index in [4.69, 9.17) is 21.4 Å². The van der Waals surface area contributed by atoms with Crippen molar-refractivity contribution in [2.24, 2.45) is 0 Å². The Kier molecular flexibility index (Phi) is 9.40. The first-order chi connectivity index (χ1) is 3.95. The van der Waals surface area contributed by atoms with Crippen molar-refractivity contribution in [3.8, 4) is 0 Å². The van der Waals surface area contributed by atoms with Crippen LogP contribution in [0.15, 0.2) is 0 Å². The summed E-state index contributed by atoms with van der Waals surface area (Å²) in [7, 11) is -4.32. The molecule has 0 rings (SSSR count). The molecule has 0 bridgehead atoms. The third-order valence-corrected chi connectivity index (χ3v) is 1.60. The zero-order valence-electron chi connectivity index (χ0n) is 7.53. The average Bonchev–Trinajstić information content (AvgIpc) is 1.62. The second-order valence-corrected chi connectivity index (χ2v) is 3.06. The van der Waals surface area contributed by atoms with Crippen molar-refractivity contribution in [2.45, 2.75) is 13.0 Å². The van der Waals surface area contributed by atoms with E-state index >= 15 is 0 Å². The first-order valence-electron chi connectivity index (χ1n) is 2.25. The molecule has 0 saturated heterocycles. The standard InChI is InChI=1S/C3H8ClO4P.Ba.2H/c1-3(2-4)8-9(5,6)7;;;/h3H,2H2,1H3,(H2,5,6,7);;;/q;+2;2*-1. The molecule has 0 aromatic heterocycles. The second-order valence-electron chi connectivity index (χ2n) is 1.56. The van der Waals surface area contributed by atoms with Crippen LogP contribution >= 0.6 is 19.4 Å². The number of hydrogen-bond acceptors (Lipinski definition) is 2. The predicted molar refractivity (Wildman–Crippen MR) is 41.3 cm³/mol. The van der Waals surface area contributed by atoms with Crippen molar-refractivity contribution in [2.75, 3.05) is 5.88 Å². The summed E-state index contributed by atoms with van der Waals surface area (Å²) in [4.78, 5) is 16.3. The third-order valence-electron chi connectivity index (χ3n) is 0.535. The van der Waals surface area contributed by atoms with E-state index in [0.29, 0.717) is 0 Å². The minimum Gasteiger partial charge on any atom is -1.00 e. The van der Waals surface area contributed by atoms with Gasteiger partial charge in [-0.1, -0.05) is 0 Å². The predicted octanol–water partition coefficient (Wildman–Crippen LogP) is 0.567. The first kappa shape index (κ1) is 14.5. The molecule has 0 heterocycles. The normalized spacial score (nSPS) is 14.0. The molecule has 0 aliphatic heterocycles. The fourth-order valence-electron chi connectivity index (χ4n) is 0.263. The molecule has 0 aromatic rings. The number of hydrogen-bond donors (Lipinski definition) is 2. The Morgan fingerprint density at radius 1 is 1.80 bits per heavy atom. The van der Waals surface area contributed by atoms with Crippen LogP contribution in [0.25, 0.3) is 0 Å². The summed E-state index contributed by atoms with van der Waals surface area (Å²) in [5, 5.41) is 0. The third kappa shape index (κ3) is 9.97. The fraction of sp³-hybridized carbons (Fsp3) is 1.00. The number of phosphoric ester groups is 1. The van der Waals surface area contributed by atoms with Crippen molar-refractivity contribution >= 4 is 68.3 Å². The maximum absolute atomic E-state index is 10.0. The van der Waals surface area contributed by atoms with E-state index in [0.717, 1.165) is 0 Å². The Balaban J connectivity index is -0.000000107. The van der Waals surface area contributed by atoms with E-state index in [1.807, 2.05) is 0 Å². The number of halogens is 1. The number of alkyl halides is 1. The van der Waals surface area contributed by atoms with E-state index in [9.17, 15) is 4.57 Å². The van der Waals surface area contributed by atoms with Gasteiger partial charge in [0.1, 0.15) is 0 Å². The maximum Gasteiger partial charge on any atom is 2.00 e. The topological polar surface area (TPSA) is 66.8 Å². The Morgan fingerprint density at radius 3 is 2.30 bits per heavy atom. The van der Waals surface area contributed by atoms with Gasteiger partial charge in [0.05, 0.1) is 6.10 Å². The largest absolute Gasteiger partial charge is 2.00 e. The molecule has 4 nitrogen and oxygen atoms in total. The fourth-order valence-corrected chi connectivity index (χ4v) is 0.957. The van der Waals surface area contributed by atoms with Crippen LogP contribution in [0.4, 0.5) is 0 Å². The van der Waals surface area contributed by atoms with Gasteiger partial charge >= 0.3 is 56.7 Å². The van der Waals surface area contributed by atoms with E-state index in [2.05, 4.69) is 4.52 Å². The van der Waals surface area contributed by atoms with Crippen molar-refractivity contribution in [3.05, 3.63) is 0 Å². The average molecular weight is 314 g/mol. The molecule has 0 radical (unpaired) electrons. The van der Waals surface area contributed by atoms with Gasteiger partial charge in [0, 0.05) is 5.88 Å². The van der Waals surface area contributed by atoms with Crippen molar-refractivity contribution in [1.29, 1.82) is 0 Å². The molecule has 0 aliphatic rings. The minimum absolute atomic E-state index is 0. The number of rotatable bonds is 3. The summed E-state index contributed by atoms with van der Waals surface area (Å²) in [6.07, 6.45) is -0.604. The van der Waals surface area contributed by atoms with Gasteiger partial charge in [0.2, 0.25) is 0 Å². The SMILES string of the molecule is CC(CCl)OP(=O)(O)O.[Ba+2].[H-].[H-]. The monoisotopic (exact) mass is 314 g/mol. The molecule has 1 atom stereocenters. The Bertz CT molecular complexity index is 133. The molecule has 60 valence electrons. The summed E-state index contributed by atoms with van der Waals surface area (Å²) in [6, 6.07) is 0. The van der Waals surface area contributed by atoms with Crippen molar-refractivity contribution < 1.29 is 21.7 Å². The molecule has 0 amide bonds. The van der Waals surface area contributed by atoms with Crippen LogP contribution in [0.5, 0.6) is 0 Å². The Labute approximate surface area is 108 Å². The van der Waals surface area contributed by atoms with Crippen molar-refractivity contribution in [1.82, 2.24) is 0 Å². The molecule has 0 aromatic carbocycles. The van der Waals surface area contributed by atoms with Gasteiger partial charge in [-0.15, -0.1) is 11.6 Å². The molecule has 7 heteroatoms. The minimum atomic E-state index is -4.32. The van der Waals surface area contributed by atoms with Crippen molar-refractivity contribution in [3.63, 3.8) is 0 Å². The molecule has 10 heavy (non-hydrogen) atoms. The number of phosphoric acid groups is 1. The van der Waals surface area contributed by atoms with Gasteiger partial charge in [-0.3, -0.25) is 4.52 Å². The van der Waals surface area contributed by atoms with Crippen LogP contribution in [-0.2, 0) is 9.09 Å².